The van der Waals surface area contributed by atoms with E-state index in [0.717, 1.165) is 31.4 Å². The average molecular weight is 248 g/mol. The van der Waals surface area contributed by atoms with Gasteiger partial charge in [-0.1, -0.05) is 19.9 Å². The predicted octanol–water partition coefficient (Wildman–Crippen LogP) is 2.93. The minimum atomic E-state index is 0.482. The molecular weight excluding hydrogens is 224 g/mol. The number of furan rings is 1. The summed E-state index contributed by atoms with van der Waals surface area (Å²) in [5, 5.41) is 3.41. The molecule has 0 spiro atoms. The molecule has 1 aliphatic rings. The number of rotatable bonds is 8. The van der Waals surface area contributed by atoms with Crippen molar-refractivity contribution in [2.75, 3.05) is 6.54 Å². The van der Waals surface area contributed by atoms with E-state index in [1.54, 1.807) is 6.26 Å². The van der Waals surface area contributed by atoms with Gasteiger partial charge in [0.25, 0.3) is 0 Å². The Morgan fingerprint density at radius 1 is 1.56 bits per heavy atom. The minimum Gasteiger partial charge on any atom is -0.468 e. The lowest BCUT2D eigenvalue weighted by Crippen LogP contribution is -2.27. The van der Waals surface area contributed by atoms with Crippen LogP contribution in [-0.4, -0.2) is 23.5 Å². The van der Waals surface area contributed by atoms with Gasteiger partial charge in [-0.3, -0.25) is 4.90 Å². The Bertz CT molecular complexity index is 380. The van der Waals surface area contributed by atoms with Gasteiger partial charge in [-0.05, 0) is 18.9 Å². The lowest BCUT2D eigenvalue weighted by atomic mass is 10.2. The summed E-state index contributed by atoms with van der Waals surface area (Å²) in [6.45, 7) is 10.9. The minimum absolute atomic E-state index is 0.482. The maximum Gasteiger partial charge on any atom is 0.122 e. The van der Waals surface area contributed by atoms with Gasteiger partial charge < -0.3 is 9.73 Å². The van der Waals surface area contributed by atoms with Crippen molar-refractivity contribution in [2.45, 2.75) is 51.9 Å². The standard InChI is InChI=1S/C15H24N2O/c1-4-8-17(14-5-6-14)11-13-7-9-18-15(13)10-16-12(2)3/h4,7,9,12,14,16H,1,5-6,8,10-11H2,2-3H3. The predicted molar refractivity (Wildman–Crippen MR) is 74.3 cm³/mol. The van der Waals surface area contributed by atoms with E-state index >= 15 is 0 Å². The molecule has 1 N–H and O–H groups in total. The van der Waals surface area contributed by atoms with Gasteiger partial charge in [0.05, 0.1) is 12.8 Å². The van der Waals surface area contributed by atoms with Gasteiger partial charge in [-0.2, -0.15) is 0 Å². The van der Waals surface area contributed by atoms with Crippen LogP contribution in [0.15, 0.2) is 29.4 Å². The Labute approximate surface area is 110 Å². The summed E-state index contributed by atoms with van der Waals surface area (Å²) in [5.74, 6) is 1.07. The molecule has 0 aromatic carbocycles. The molecule has 1 aromatic heterocycles. The molecule has 1 aliphatic carbocycles. The van der Waals surface area contributed by atoms with Crippen LogP contribution in [0.2, 0.25) is 0 Å². The van der Waals surface area contributed by atoms with Crippen molar-refractivity contribution in [3.8, 4) is 0 Å². The SMILES string of the molecule is C=CCN(Cc1ccoc1CNC(C)C)C1CC1. The normalized spacial score (nSPS) is 15.6. The lowest BCUT2D eigenvalue weighted by Gasteiger charge is -2.20. The number of hydrogen-bond acceptors (Lipinski definition) is 3. The molecule has 2 rings (SSSR count). The Balaban J connectivity index is 1.94. The first-order valence-corrected chi connectivity index (χ1v) is 6.84. The Kier molecular flexibility index (Phi) is 4.61. The Morgan fingerprint density at radius 2 is 2.33 bits per heavy atom. The highest BCUT2D eigenvalue weighted by Crippen LogP contribution is 2.28. The van der Waals surface area contributed by atoms with Crippen molar-refractivity contribution in [3.05, 3.63) is 36.3 Å². The first kappa shape index (κ1) is 13.4. The van der Waals surface area contributed by atoms with E-state index in [-0.39, 0.29) is 0 Å². The molecule has 100 valence electrons. The van der Waals surface area contributed by atoms with E-state index in [2.05, 4.69) is 36.7 Å². The molecule has 0 aliphatic heterocycles. The highest BCUT2D eigenvalue weighted by atomic mass is 16.3. The van der Waals surface area contributed by atoms with E-state index in [0.29, 0.717) is 6.04 Å². The van der Waals surface area contributed by atoms with Crippen molar-refractivity contribution in [1.29, 1.82) is 0 Å². The molecule has 3 nitrogen and oxygen atoms in total. The summed E-state index contributed by atoms with van der Waals surface area (Å²) in [7, 11) is 0. The zero-order valence-electron chi connectivity index (χ0n) is 11.5. The third-order valence-corrected chi connectivity index (χ3v) is 3.31. The molecule has 1 heterocycles. The largest absolute Gasteiger partial charge is 0.468 e. The third kappa shape index (κ3) is 3.72. The smallest absolute Gasteiger partial charge is 0.122 e. The molecule has 18 heavy (non-hydrogen) atoms. The molecule has 1 aromatic rings. The Hall–Kier alpha value is -1.06. The molecule has 0 atom stereocenters. The van der Waals surface area contributed by atoms with E-state index in [4.69, 9.17) is 4.42 Å². The zero-order chi connectivity index (χ0) is 13.0. The second-order valence-electron chi connectivity index (χ2n) is 5.35. The monoisotopic (exact) mass is 248 g/mol. The van der Waals surface area contributed by atoms with Crippen LogP contribution in [-0.2, 0) is 13.1 Å². The summed E-state index contributed by atoms with van der Waals surface area (Å²) >= 11 is 0. The molecule has 0 bridgehead atoms. The molecule has 3 heteroatoms. The summed E-state index contributed by atoms with van der Waals surface area (Å²) in [6, 6.07) is 3.33. The molecule has 0 saturated heterocycles. The van der Waals surface area contributed by atoms with E-state index in [1.807, 2.05) is 6.08 Å². The second kappa shape index (κ2) is 6.21. The van der Waals surface area contributed by atoms with Crippen molar-refractivity contribution >= 4 is 0 Å². The van der Waals surface area contributed by atoms with Crippen molar-refractivity contribution in [2.24, 2.45) is 0 Å². The highest BCUT2D eigenvalue weighted by Gasteiger charge is 2.28. The van der Waals surface area contributed by atoms with E-state index < -0.39 is 0 Å². The number of hydrogen-bond donors (Lipinski definition) is 1. The first-order chi connectivity index (χ1) is 8.70. The molecule has 0 unspecified atom stereocenters. The molecular formula is C15H24N2O. The van der Waals surface area contributed by atoms with Crippen LogP contribution < -0.4 is 5.32 Å². The van der Waals surface area contributed by atoms with E-state index in [1.165, 1.54) is 18.4 Å². The quantitative estimate of drug-likeness (QED) is 0.717. The first-order valence-electron chi connectivity index (χ1n) is 6.84. The van der Waals surface area contributed by atoms with Gasteiger partial charge >= 0.3 is 0 Å². The van der Waals surface area contributed by atoms with Crippen LogP contribution >= 0.6 is 0 Å². The average Bonchev–Trinajstić information content (AvgIpc) is 3.08. The van der Waals surface area contributed by atoms with Gasteiger partial charge in [0.15, 0.2) is 0 Å². The van der Waals surface area contributed by atoms with Gasteiger partial charge in [-0.15, -0.1) is 6.58 Å². The fourth-order valence-corrected chi connectivity index (χ4v) is 2.13. The van der Waals surface area contributed by atoms with Crippen LogP contribution in [0.5, 0.6) is 0 Å². The summed E-state index contributed by atoms with van der Waals surface area (Å²) in [6.07, 6.45) is 6.44. The summed E-state index contributed by atoms with van der Waals surface area (Å²) < 4.78 is 5.58. The van der Waals surface area contributed by atoms with Crippen molar-refractivity contribution in [1.82, 2.24) is 10.2 Å². The van der Waals surface area contributed by atoms with Crippen LogP contribution in [0.1, 0.15) is 38.0 Å². The summed E-state index contributed by atoms with van der Waals surface area (Å²) in [5.41, 5.74) is 1.30. The van der Waals surface area contributed by atoms with Gasteiger partial charge in [0.2, 0.25) is 0 Å². The van der Waals surface area contributed by atoms with Crippen LogP contribution in [0.25, 0.3) is 0 Å². The molecule has 0 radical (unpaired) electrons. The topological polar surface area (TPSA) is 28.4 Å². The van der Waals surface area contributed by atoms with Crippen molar-refractivity contribution in [3.63, 3.8) is 0 Å². The van der Waals surface area contributed by atoms with Crippen molar-refractivity contribution < 1.29 is 4.42 Å². The zero-order valence-corrected chi connectivity index (χ0v) is 11.5. The molecule has 1 saturated carbocycles. The third-order valence-electron chi connectivity index (χ3n) is 3.31. The highest BCUT2D eigenvalue weighted by molar-refractivity contribution is 5.17. The maximum absolute atomic E-state index is 5.58. The maximum atomic E-state index is 5.58. The Morgan fingerprint density at radius 3 is 2.94 bits per heavy atom. The number of nitrogens with one attached hydrogen (secondary N) is 1. The van der Waals surface area contributed by atoms with Gasteiger partial charge in [0.1, 0.15) is 5.76 Å². The fourth-order valence-electron chi connectivity index (χ4n) is 2.13. The second-order valence-corrected chi connectivity index (χ2v) is 5.35. The van der Waals surface area contributed by atoms with Gasteiger partial charge in [0, 0.05) is 30.7 Å². The molecule has 0 amide bonds. The lowest BCUT2D eigenvalue weighted by molar-refractivity contribution is 0.280. The fraction of sp³-hybridized carbons (Fsp3) is 0.600. The van der Waals surface area contributed by atoms with Crippen LogP contribution in [0, 0.1) is 0 Å². The summed E-state index contributed by atoms with van der Waals surface area (Å²) in [4.78, 5) is 2.48. The van der Waals surface area contributed by atoms with Crippen LogP contribution in [0.4, 0.5) is 0 Å². The van der Waals surface area contributed by atoms with Crippen LogP contribution in [0.3, 0.4) is 0 Å². The van der Waals surface area contributed by atoms with E-state index in [9.17, 15) is 0 Å². The molecule has 1 fully saturated rings. The van der Waals surface area contributed by atoms with Gasteiger partial charge in [-0.25, -0.2) is 0 Å². The number of nitrogens with zero attached hydrogens (tertiary/aromatic N) is 1.